The number of urea groups is 1. The lowest BCUT2D eigenvalue weighted by atomic mass is 9.85. The molecule has 0 unspecified atom stereocenters. The van der Waals surface area contributed by atoms with Gasteiger partial charge in [-0.15, -0.1) is 0 Å². The number of unbranched alkanes of at least 4 members (excludes halogenated alkanes) is 2. The SMILES string of the molecule is CCCCN(CCCC)C(=O)CN1C(=O)N[C@@](CCC)(c2ccccc2)C1=O. The summed E-state index contributed by atoms with van der Waals surface area (Å²) in [6.45, 7) is 7.28. The Bertz CT molecular complexity index is 669. The Kier molecular flexibility index (Phi) is 8.03. The van der Waals surface area contributed by atoms with Gasteiger partial charge in [0.25, 0.3) is 5.91 Å². The molecule has 0 saturated carbocycles. The minimum absolute atomic E-state index is 0.161. The summed E-state index contributed by atoms with van der Waals surface area (Å²) in [6, 6.07) is 8.82. The van der Waals surface area contributed by atoms with Gasteiger partial charge in [0.1, 0.15) is 12.1 Å². The minimum atomic E-state index is -1.08. The number of benzene rings is 1. The van der Waals surface area contributed by atoms with Crippen molar-refractivity contribution in [2.45, 2.75) is 64.8 Å². The Morgan fingerprint density at radius 2 is 1.61 bits per heavy atom. The zero-order valence-electron chi connectivity index (χ0n) is 17.4. The van der Waals surface area contributed by atoms with Crippen LogP contribution in [0.25, 0.3) is 0 Å². The minimum Gasteiger partial charge on any atom is -0.341 e. The van der Waals surface area contributed by atoms with E-state index in [1.165, 1.54) is 0 Å². The highest BCUT2D eigenvalue weighted by atomic mass is 16.2. The van der Waals surface area contributed by atoms with E-state index in [0.29, 0.717) is 19.5 Å². The highest BCUT2D eigenvalue weighted by Crippen LogP contribution is 2.33. The van der Waals surface area contributed by atoms with Gasteiger partial charge in [0, 0.05) is 13.1 Å². The normalized spacial score (nSPS) is 19.0. The van der Waals surface area contributed by atoms with Crippen molar-refractivity contribution in [2.75, 3.05) is 19.6 Å². The molecule has 6 heteroatoms. The molecule has 28 heavy (non-hydrogen) atoms. The van der Waals surface area contributed by atoms with Crippen molar-refractivity contribution in [3.63, 3.8) is 0 Å². The second-order valence-electron chi connectivity index (χ2n) is 7.43. The van der Waals surface area contributed by atoms with Crippen molar-refractivity contribution >= 4 is 17.8 Å². The number of carbonyl (C=O) groups excluding carboxylic acids is 3. The molecule has 1 aliphatic rings. The summed E-state index contributed by atoms with van der Waals surface area (Å²) in [7, 11) is 0. The molecule has 0 radical (unpaired) electrons. The Hall–Kier alpha value is -2.37. The van der Waals surface area contributed by atoms with E-state index in [9.17, 15) is 14.4 Å². The second-order valence-corrected chi connectivity index (χ2v) is 7.43. The molecule has 0 aromatic heterocycles. The number of hydrogen-bond acceptors (Lipinski definition) is 3. The van der Waals surface area contributed by atoms with E-state index in [1.54, 1.807) is 4.90 Å². The summed E-state index contributed by atoms with van der Waals surface area (Å²) in [4.78, 5) is 41.7. The van der Waals surface area contributed by atoms with Crippen LogP contribution in [0, 0.1) is 0 Å². The fourth-order valence-electron chi connectivity index (χ4n) is 3.67. The van der Waals surface area contributed by atoms with Gasteiger partial charge in [0.2, 0.25) is 5.91 Å². The Morgan fingerprint density at radius 1 is 1.00 bits per heavy atom. The van der Waals surface area contributed by atoms with Crippen molar-refractivity contribution in [2.24, 2.45) is 0 Å². The molecular formula is C22H33N3O3. The van der Waals surface area contributed by atoms with Crippen molar-refractivity contribution < 1.29 is 14.4 Å². The molecule has 0 spiro atoms. The van der Waals surface area contributed by atoms with Gasteiger partial charge in [-0.05, 0) is 24.8 Å². The molecule has 1 N–H and O–H groups in total. The van der Waals surface area contributed by atoms with Crippen molar-refractivity contribution in [1.82, 2.24) is 15.1 Å². The summed E-state index contributed by atoms with van der Waals surface area (Å²) < 4.78 is 0. The van der Waals surface area contributed by atoms with E-state index < -0.39 is 11.6 Å². The van der Waals surface area contributed by atoms with Crippen LogP contribution in [0.15, 0.2) is 30.3 Å². The highest BCUT2D eigenvalue weighted by molar-refractivity contribution is 6.09. The molecule has 1 aromatic rings. The summed E-state index contributed by atoms with van der Waals surface area (Å²) in [5.74, 6) is -0.490. The van der Waals surface area contributed by atoms with Crippen LogP contribution >= 0.6 is 0 Å². The Morgan fingerprint density at radius 3 is 2.14 bits per heavy atom. The van der Waals surface area contributed by atoms with Crippen molar-refractivity contribution in [3.8, 4) is 0 Å². The molecule has 0 bridgehead atoms. The summed E-state index contributed by atoms with van der Waals surface area (Å²) in [5, 5.41) is 2.88. The third-order valence-corrected chi connectivity index (χ3v) is 5.28. The topological polar surface area (TPSA) is 69.7 Å². The maximum atomic E-state index is 13.3. The lowest BCUT2D eigenvalue weighted by molar-refractivity contribution is -0.139. The first-order valence-electron chi connectivity index (χ1n) is 10.5. The van der Waals surface area contributed by atoms with Gasteiger partial charge in [-0.2, -0.15) is 0 Å². The van der Waals surface area contributed by atoms with Gasteiger partial charge in [0.15, 0.2) is 0 Å². The van der Waals surface area contributed by atoms with Crippen LogP contribution in [-0.2, 0) is 15.1 Å². The summed E-state index contributed by atoms with van der Waals surface area (Å²) in [5.41, 5.74) is -0.315. The van der Waals surface area contributed by atoms with Crippen LogP contribution in [0.5, 0.6) is 0 Å². The fourth-order valence-corrected chi connectivity index (χ4v) is 3.67. The van der Waals surface area contributed by atoms with E-state index in [-0.39, 0.29) is 18.4 Å². The number of rotatable bonds is 11. The zero-order chi connectivity index (χ0) is 20.6. The molecule has 2 rings (SSSR count). The van der Waals surface area contributed by atoms with Gasteiger partial charge in [-0.1, -0.05) is 70.4 Å². The van der Waals surface area contributed by atoms with E-state index in [1.807, 2.05) is 37.3 Å². The first kappa shape index (κ1) is 21.9. The molecule has 1 aliphatic heterocycles. The molecular weight excluding hydrogens is 354 g/mol. The number of carbonyl (C=O) groups is 3. The van der Waals surface area contributed by atoms with Crippen LogP contribution in [0.1, 0.15) is 64.9 Å². The second kappa shape index (κ2) is 10.2. The zero-order valence-corrected chi connectivity index (χ0v) is 17.4. The maximum Gasteiger partial charge on any atom is 0.325 e. The molecule has 1 heterocycles. The molecule has 4 amide bonds. The van der Waals surface area contributed by atoms with E-state index in [2.05, 4.69) is 19.2 Å². The van der Waals surface area contributed by atoms with Crippen LogP contribution in [0.2, 0.25) is 0 Å². The predicted octanol–water partition coefficient (Wildman–Crippen LogP) is 3.66. The lowest BCUT2D eigenvalue weighted by Gasteiger charge is -2.27. The van der Waals surface area contributed by atoms with E-state index in [4.69, 9.17) is 0 Å². The van der Waals surface area contributed by atoms with Gasteiger partial charge < -0.3 is 10.2 Å². The number of nitrogens with one attached hydrogen (secondary N) is 1. The molecule has 6 nitrogen and oxygen atoms in total. The largest absolute Gasteiger partial charge is 0.341 e. The third-order valence-electron chi connectivity index (χ3n) is 5.28. The highest BCUT2D eigenvalue weighted by Gasteiger charge is 2.52. The van der Waals surface area contributed by atoms with Crippen LogP contribution < -0.4 is 5.32 Å². The average molecular weight is 388 g/mol. The Balaban J connectivity index is 2.20. The van der Waals surface area contributed by atoms with Crippen LogP contribution in [-0.4, -0.2) is 47.3 Å². The predicted molar refractivity (Wildman–Crippen MR) is 110 cm³/mol. The molecule has 1 fully saturated rings. The van der Waals surface area contributed by atoms with E-state index >= 15 is 0 Å². The quantitative estimate of drug-likeness (QED) is 0.589. The number of hydrogen-bond donors (Lipinski definition) is 1. The molecule has 154 valence electrons. The molecule has 1 atom stereocenters. The molecule has 1 aromatic carbocycles. The third kappa shape index (κ3) is 4.72. The number of amides is 4. The first-order valence-corrected chi connectivity index (χ1v) is 10.5. The van der Waals surface area contributed by atoms with Crippen molar-refractivity contribution in [1.29, 1.82) is 0 Å². The summed E-state index contributed by atoms with van der Waals surface area (Å²) >= 11 is 0. The van der Waals surface area contributed by atoms with Crippen molar-refractivity contribution in [3.05, 3.63) is 35.9 Å². The van der Waals surface area contributed by atoms with Crippen LogP contribution in [0.4, 0.5) is 4.79 Å². The maximum absolute atomic E-state index is 13.3. The van der Waals surface area contributed by atoms with E-state index in [0.717, 1.165) is 42.6 Å². The average Bonchev–Trinajstić information content (AvgIpc) is 2.94. The molecule has 1 saturated heterocycles. The number of nitrogens with zero attached hydrogens (tertiary/aromatic N) is 2. The van der Waals surface area contributed by atoms with Gasteiger partial charge in [-0.25, -0.2) is 4.79 Å². The monoisotopic (exact) mass is 387 g/mol. The molecule has 0 aliphatic carbocycles. The first-order chi connectivity index (χ1) is 13.5. The summed E-state index contributed by atoms with van der Waals surface area (Å²) in [6.07, 6.45) is 5.06. The fraction of sp³-hybridized carbons (Fsp3) is 0.591. The van der Waals surface area contributed by atoms with Crippen LogP contribution in [0.3, 0.4) is 0 Å². The lowest BCUT2D eigenvalue weighted by Crippen LogP contribution is -2.46. The van der Waals surface area contributed by atoms with Gasteiger partial charge in [0.05, 0.1) is 0 Å². The smallest absolute Gasteiger partial charge is 0.325 e. The number of imide groups is 1. The Labute approximate surface area is 168 Å². The standard InChI is InChI=1S/C22H33N3O3/c1-4-7-15-24(16-8-5-2)19(26)17-25-20(27)22(14-6-3,23-21(25)28)18-12-10-9-11-13-18/h9-13H,4-8,14-17H2,1-3H3,(H,23,28)/t22-/m0/s1. The van der Waals surface area contributed by atoms with Gasteiger partial charge in [-0.3, -0.25) is 14.5 Å². The van der Waals surface area contributed by atoms with Gasteiger partial charge >= 0.3 is 6.03 Å².